The van der Waals surface area contributed by atoms with E-state index in [0.29, 0.717) is 44.0 Å². The van der Waals surface area contributed by atoms with E-state index >= 15 is 0 Å². The van der Waals surface area contributed by atoms with Gasteiger partial charge < -0.3 is 4.90 Å². The van der Waals surface area contributed by atoms with Crippen LogP contribution in [0.5, 0.6) is 0 Å². The van der Waals surface area contributed by atoms with Crippen LogP contribution in [0.3, 0.4) is 0 Å². The molecule has 2 aromatic rings. The molecule has 3 heterocycles. The maximum absolute atomic E-state index is 12.8. The number of nitrogens with zero attached hydrogens (tertiary/aromatic N) is 6. The molecule has 0 aliphatic carbocycles. The van der Waals surface area contributed by atoms with Gasteiger partial charge in [0.1, 0.15) is 0 Å². The highest BCUT2D eigenvalue weighted by Crippen LogP contribution is 2.20. The van der Waals surface area contributed by atoms with Gasteiger partial charge >= 0.3 is 0 Å². The summed E-state index contributed by atoms with van der Waals surface area (Å²) < 4.78 is 25.0. The molecule has 144 valence electrons. The second-order valence-electron chi connectivity index (χ2n) is 7.07. The molecule has 0 radical (unpaired) electrons. The van der Waals surface area contributed by atoms with Gasteiger partial charge in [0.25, 0.3) is 5.91 Å². The van der Waals surface area contributed by atoms with Crippen LogP contribution < -0.4 is 0 Å². The predicted molar refractivity (Wildman–Crippen MR) is 98.4 cm³/mol. The SMILES string of the molecule is Cc1nnnn1-c1ccc(C(=O)N2CCN(C3CCS(=O)(=O)C3)CC2)cc1. The summed E-state index contributed by atoms with van der Waals surface area (Å²) >= 11 is 0. The van der Waals surface area contributed by atoms with E-state index in [1.165, 1.54) is 0 Å². The van der Waals surface area contributed by atoms with Crippen molar-refractivity contribution in [2.45, 2.75) is 19.4 Å². The molecule has 1 aromatic heterocycles. The second-order valence-corrected chi connectivity index (χ2v) is 9.30. The molecule has 2 fully saturated rings. The van der Waals surface area contributed by atoms with E-state index in [4.69, 9.17) is 0 Å². The molecular formula is C17H22N6O3S. The fourth-order valence-corrected chi connectivity index (χ4v) is 5.51. The number of carbonyl (C=O) groups is 1. The number of sulfone groups is 1. The third-order valence-corrected chi connectivity index (χ3v) is 7.06. The third-order valence-electron chi connectivity index (χ3n) is 5.31. The van der Waals surface area contributed by atoms with Crippen LogP contribution in [0.2, 0.25) is 0 Å². The highest BCUT2D eigenvalue weighted by molar-refractivity contribution is 7.91. The highest BCUT2D eigenvalue weighted by atomic mass is 32.2. The first-order chi connectivity index (χ1) is 12.9. The first-order valence-electron chi connectivity index (χ1n) is 9.02. The van der Waals surface area contributed by atoms with Crippen molar-refractivity contribution in [3.8, 4) is 5.69 Å². The van der Waals surface area contributed by atoms with E-state index in [1.54, 1.807) is 16.8 Å². The van der Waals surface area contributed by atoms with Crippen LogP contribution >= 0.6 is 0 Å². The summed E-state index contributed by atoms with van der Waals surface area (Å²) in [4.78, 5) is 16.8. The van der Waals surface area contributed by atoms with Crippen molar-refractivity contribution < 1.29 is 13.2 Å². The van der Waals surface area contributed by atoms with Crippen molar-refractivity contribution in [3.63, 3.8) is 0 Å². The first kappa shape index (κ1) is 18.1. The van der Waals surface area contributed by atoms with E-state index in [2.05, 4.69) is 20.4 Å². The van der Waals surface area contributed by atoms with Crippen LogP contribution in [-0.4, -0.2) is 88.1 Å². The minimum atomic E-state index is -2.88. The van der Waals surface area contributed by atoms with Gasteiger partial charge in [-0.25, -0.2) is 8.42 Å². The molecule has 0 N–H and O–H groups in total. The van der Waals surface area contributed by atoms with Crippen molar-refractivity contribution >= 4 is 15.7 Å². The topological polar surface area (TPSA) is 101 Å². The van der Waals surface area contributed by atoms with E-state index < -0.39 is 9.84 Å². The van der Waals surface area contributed by atoms with Crippen molar-refractivity contribution in [1.82, 2.24) is 30.0 Å². The van der Waals surface area contributed by atoms with E-state index in [-0.39, 0.29) is 23.5 Å². The Kier molecular flexibility index (Phi) is 4.68. The molecule has 10 heteroatoms. The molecule has 1 unspecified atom stereocenters. The Morgan fingerprint density at radius 3 is 2.37 bits per heavy atom. The maximum atomic E-state index is 12.8. The summed E-state index contributed by atoms with van der Waals surface area (Å²) in [5.41, 5.74) is 1.43. The number of aryl methyl sites for hydroxylation is 1. The molecule has 4 rings (SSSR count). The number of benzene rings is 1. The van der Waals surface area contributed by atoms with Crippen LogP contribution in [-0.2, 0) is 9.84 Å². The number of carbonyl (C=O) groups excluding carboxylic acids is 1. The Labute approximate surface area is 157 Å². The van der Waals surface area contributed by atoms with Gasteiger partial charge in [0.05, 0.1) is 17.2 Å². The van der Waals surface area contributed by atoms with Crippen molar-refractivity contribution in [1.29, 1.82) is 0 Å². The molecule has 2 saturated heterocycles. The Balaban J connectivity index is 1.37. The summed E-state index contributed by atoms with van der Waals surface area (Å²) in [5, 5.41) is 11.4. The summed E-state index contributed by atoms with van der Waals surface area (Å²) in [6.07, 6.45) is 0.703. The average Bonchev–Trinajstić information content (AvgIpc) is 3.26. The van der Waals surface area contributed by atoms with Gasteiger partial charge in [-0.1, -0.05) is 0 Å². The quantitative estimate of drug-likeness (QED) is 0.722. The Morgan fingerprint density at radius 1 is 1.11 bits per heavy atom. The molecule has 2 aliphatic rings. The molecule has 0 spiro atoms. The third kappa shape index (κ3) is 3.72. The number of piperazine rings is 1. The van der Waals surface area contributed by atoms with Gasteiger partial charge in [0.2, 0.25) is 0 Å². The van der Waals surface area contributed by atoms with Gasteiger partial charge in [0.15, 0.2) is 15.7 Å². The number of hydrogen-bond acceptors (Lipinski definition) is 7. The average molecular weight is 390 g/mol. The van der Waals surface area contributed by atoms with E-state index in [0.717, 1.165) is 5.69 Å². The lowest BCUT2D eigenvalue weighted by Gasteiger charge is -2.37. The zero-order valence-electron chi connectivity index (χ0n) is 15.2. The van der Waals surface area contributed by atoms with E-state index in [1.807, 2.05) is 24.0 Å². The lowest BCUT2D eigenvalue weighted by Crippen LogP contribution is -2.52. The monoisotopic (exact) mass is 390 g/mol. The van der Waals surface area contributed by atoms with Gasteiger partial charge in [-0.05, 0) is 48.0 Å². The number of rotatable bonds is 3. The highest BCUT2D eigenvalue weighted by Gasteiger charge is 2.34. The normalized spacial score (nSPS) is 22.9. The van der Waals surface area contributed by atoms with Crippen LogP contribution in [0, 0.1) is 6.92 Å². The smallest absolute Gasteiger partial charge is 0.253 e. The Morgan fingerprint density at radius 2 is 1.81 bits per heavy atom. The summed E-state index contributed by atoms with van der Waals surface area (Å²) in [7, 11) is -2.88. The van der Waals surface area contributed by atoms with Crippen LogP contribution in [0.15, 0.2) is 24.3 Å². The zero-order chi connectivity index (χ0) is 19.0. The molecule has 27 heavy (non-hydrogen) atoms. The largest absolute Gasteiger partial charge is 0.336 e. The van der Waals surface area contributed by atoms with Gasteiger partial charge in [0, 0.05) is 37.8 Å². The Bertz CT molecular complexity index is 932. The molecule has 1 amide bonds. The number of hydrogen-bond donors (Lipinski definition) is 0. The fraction of sp³-hybridized carbons (Fsp3) is 0.529. The van der Waals surface area contributed by atoms with E-state index in [9.17, 15) is 13.2 Å². The van der Waals surface area contributed by atoms with Gasteiger partial charge in [-0.2, -0.15) is 4.68 Å². The van der Waals surface area contributed by atoms with Crippen molar-refractivity contribution in [2.75, 3.05) is 37.7 Å². The van der Waals surface area contributed by atoms with Crippen molar-refractivity contribution in [2.24, 2.45) is 0 Å². The Hall–Kier alpha value is -2.33. The summed E-state index contributed by atoms with van der Waals surface area (Å²) in [6, 6.07) is 7.33. The molecule has 0 saturated carbocycles. The lowest BCUT2D eigenvalue weighted by molar-refractivity contribution is 0.0588. The van der Waals surface area contributed by atoms with Crippen LogP contribution in [0.25, 0.3) is 5.69 Å². The molecular weight excluding hydrogens is 368 g/mol. The maximum Gasteiger partial charge on any atom is 0.253 e. The predicted octanol–water partition coefficient (Wildman–Crippen LogP) is -0.0844. The van der Waals surface area contributed by atoms with Crippen LogP contribution in [0.4, 0.5) is 0 Å². The fourth-order valence-electron chi connectivity index (χ4n) is 3.75. The standard InChI is InChI=1S/C17H22N6O3S/c1-13-18-19-20-23(13)15-4-2-14(3-5-15)17(24)22-9-7-21(8-10-22)16-6-11-27(25,26)12-16/h2-5,16H,6-12H2,1H3. The minimum Gasteiger partial charge on any atom is -0.336 e. The summed E-state index contributed by atoms with van der Waals surface area (Å²) in [6.45, 7) is 4.47. The number of tetrazole rings is 1. The second kappa shape index (κ2) is 7.01. The van der Waals surface area contributed by atoms with Crippen LogP contribution in [0.1, 0.15) is 22.6 Å². The van der Waals surface area contributed by atoms with Crippen molar-refractivity contribution in [3.05, 3.63) is 35.7 Å². The number of aromatic nitrogens is 4. The summed E-state index contributed by atoms with van der Waals surface area (Å²) in [5.74, 6) is 1.20. The zero-order valence-corrected chi connectivity index (χ0v) is 16.0. The van der Waals surface area contributed by atoms with Gasteiger partial charge in [-0.3, -0.25) is 9.69 Å². The molecule has 2 aliphatic heterocycles. The minimum absolute atomic E-state index is 0.00585. The molecule has 9 nitrogen and oxygen atoms in total. The van der Waals surface area contributed by atoms with Gasteiger partial charge in [-0.15, -0.1) is 5.10 Å². The number of amides is 1. The molecule has 0 bridgehead atoms. The first-order valence-corrected chi connectivity index (χ1v) is 10.8. The lowest BCUT2D eigenvalue weighted by atomic mass is 10.1. The molecule has 1 atom stereocenters. The molecule has 1 aromatic carbocycles.